The van der Waals surface area contributed by atoms with Crippen LogP contribution in [0.25, 0.3) is 0 Å². The first-order valence-electron chi connectivity index (χ1n) is 4.12. The van der Waals surface area contributed by atoms with Gasteiger partial charge in [-0.05, 0) is 6.07 Å². The van der Waals surface area contributed by atoms with Crippen molar-refractivity contribution in [2.24, 2.45) is 0 Å². The van der Waals surface area contributed by atoms with Gasteiger partial charge < -0.3 is 0 Å². The zero-order valence-electron chi connectivity index (χ0n) is 8.48. The predicted molar refractivity (Wildman–Crippen MR) is 58.2 cm³/mol. The van der Waals surface area contributed by atoms with E-state index >= 15 is 0 Å². The van der Waals surface area contributed by atoms with Gasteiger partial charge in [0, 0.05) is 12.1 Å². The molecule has 17 heavy (non-hydrogen) atoms. The summed E-state index contributed by atoms with van der Waals surface area (Å²) < 4.78 is 23.8. The second-order valence-electron chi connectivity index (χ2n) is 3.06. The third-order valence-electron chi connectivity index (χ3n) is 1.70. The van der Waals surface area contributed by atoms with Gasteiger partial charge in [0.1, 0.15) is 0 Å². The third-order valence-corrected chi connectivity index (χ3v) is 2.28. The molecule has 0 radical (unpaired) electrons. The number of hydrogen-bond donors (Lipinski definition) is 1. The van der Waals surface area contributed by atoms with Gasteiger partial charge in [-0.1, -0.05) is 0 Å². The van der Waals surface area contributed by atoms with Gasteiger partial charge in [-0.3, -0.25) is 25.0 Å². The van der Waals surface area contributed by atoms with Crippen LogP contribution in [-0.2, 0) is 10.0 Å². The molecule has 10 heteroatoms. The van der Waals surface area contributed by atoms with Crippen molar-refractivity contribution >= 4 is 27.1 Å². The van der Waals surface area contributed by atoms with Gasteiger partial charge in [0.2, 0.25) is 15.7 Å². The smallest absolute Gasteiger partial charge is 0.272 e. The average molecular weight is 261 g/mol. The highest BCUT2D eigenvalue weighted by Gasteiger charge is 2.26. The van der Waals surface area contributed by atoms with Gasteiger partial charge >= 0.3 is 0 Å². The van der Waals surface area contributed by atoms with Gasteiger partial charge in [-0.2, -0.15) is 0 Å². The van der Waals surface area contributed by atoms with Crippen LogP contribution in [-0.4, -0.2) is 24.5 Å². The number of nitrogens with one attached hydrogen (secondary N) is 1. The maximum absolute atomic E-state index is 11.0. The summed E-state index contributed by atoms with van der Waals surface area (Å²) >= 11 is 0. The number of benzene rings is 1. The minimum atomic E-state index is -3.85. The molecule has 0 unspecified atom stereocenters. The van der Waals surface area contributed by atoms with Crippen molar-refractivity contribution in [1.29, 1.82) is 0 Å². The Kier molecular flexibility index (Phi) is 3.27. The van der Waals surface area contributed by atoms with Crippen molar-refractivity contribution in [3.05, 3.63) is 38.4 Å². The zero-order valence-corrected chi connectivity index (χ0v) is 9.30. The van der Waals surface area contributed by atoms with E-state index in [1.54, 1.807) is 4.72 Å². The van der Waals surface area contributed by atoms with E-state index in [0.29, 0.717) is 0 Å². The van der Waals surface area contributed by atoms with Crippen molar-refractivity contribution in [3.8, 4) is 0 Å². The Balaban J connectivity index is 3.49. The molecule has 9 nitrogen and oxygen atoms in total. The molecule has 0 bridgehead atoms. The molecule has 0 aromatic heterocycles. The fourth-order valence-corrected chi connectivity index (χ4v) is 1.70. The molecule has 0 fully saturated rings. The highest BCUT2D eigenvalue weighted by molar-refractivity contribution is 7.92. The number of nitro benzene ring substituents is 2. The van der Waals surface area contributed by atoms with Gasteiger partial charge in [-0.15, -0.1) is 0 Å². The van der Waals surface area contributed by atoms with Crippen LogP contribution in [0, 0.1) is 20.2 Å². The Morgan fingerprint density at radius 3 is 1.82 bits per heavy atom. The lowest BCUT2D eigenvalue weighted by Gasteiger charge is -2.04. The van der Waals surface area contributed by atoms with Crippen molar-refractivity contribution in [3.63, 3.8) is 0 Å². The average Bonchev–Trinajstić information content (AvgIpc) is 2.14. The van der Waals surface area contributed by atoms with Crippen LogP contribution < -0.4 is 4.72 Å². The van der Waals surface area contributed by atoms with Gasteiger partial charge in [-0.25, -0.2) is 8.42 Å². The topological polar surface area (TPSA) is 132 Å². The molecular formula is C7H7N3O6S. The van der Waals surface area contributed by atoms with Crippen LogP contribution in [0.3, 0.4) is 0 Å². The van der Waals surface area contributed by atoms with Gasteiger partial charge in [0.25, 0.3) is 11.4 Å². The maximum atomic E-state index is 11.0. The van der Waals surface area contributed by atoms with Crippen LogP contribution in [0.5, 0.6) is 0 Å². The van der Waals surface area contributed by atoms with Crippen molar-refractivity contribution < 1.29 is 18.3 Å². The van der Waals surface area contributed by atoms with E-state index in [2.05, 4.69) is 0 Å². The Labute approximate surface area is 95.4 Å². The monoisotopic (exact) mass is 261 g/mol. The molecule has 0 aliphatic carbocycles. The molecule has 0 heterocycles. The van der Waals surface area contributed by atoms with E-state index in [4.69, 9.17) is 0 Å². The van der Waals surface area contributed by atoms with Crippen LogP contribution in [0.15, 0.2) is 18.2 Å². The number of para-hydroxylation sites is 1. The van der Waals surface area contributed by atoms with E-state index in [1.807, 2.05) is 0 Å². The molecule has 1 aromatic rings. The minimum Gasteiger partial charge on any atom is -0.272 e. The molecule has 0 amide bonds. The van der Waals surface area contributed by atoms with Crippen LogP contribution >= 0.6 is 0 Å². The molecule has 1 aromatic carbocycles. The van der Waals surface area contributed by atoms with E-state index < -0.39 is 36.9 Å². The van der Waals surface area contributed by atoms with Crippen molar-refractivity contribution in [1.82, 2.24) is 0 Å². The molecule has 0 saturated carbocycles. The molecule has 1 N–H and O–H groups in total. The highest BCUT2D eigenvalue weighted by atomic mass is 32.2. The van der Waals surface area contributed by atoms with E-state index in [0.717, 1.165) is 24.5 Å². The Hall–Kier alpha value is -2.23. The van der Waals surface area contributed by atoms with Crippen molar-refractivity contribution in [2.45, 2.75) is 0 Å². The molecule has 0 aliphatic rings. The minimum absolute atomic E-state index is 0.648. The number of sulfonamides is 1. The number of anilines is 1. The second kappa shape index (κ2) is 4.33. The first-order valence-corrected chi connectivity index (χ1v) is 6.01. The lowest BCUT2D eigenvalue weighted by Crippen LogP contribution is -2.12. The van der Waals surface area contributed by atoms with E-state index in [1.165, 1.54) is 0 Å². The highest BCUT2D eigenvalue weighted by Crippen LogP contribution is 2.34. The van der Waals surface area contributed by atoms with Crippen molar-refractivity contribution in [2.75, 3.05) is 11.0 Å². The molecule has 0 aliphatic heterocycles. The maximum Gasteiger partial charge on any atom is 0.300 e. The van der Waals surface area contributed by atoms with Gasteiger partial charge in [0.15, 0.2) is 0 Å². The molecule has 0 saturated heterocycles. The summed E-state index contributed by atoms with van der Waals surface area (Å²) in [6, 6.07) is 3.05. The number of nitro groups is 2. The SMILES string of the molecule is CS(=O)(=O)Nc1c([N+](=O)[O-])cccc1[N+](=O)[O-]. The summed E-state index contributed by atoms with van der Waals surface area (Å²) in [4.78, 5) is 19.5. The Morgan fingerprint density at radius 2 is 1.53 bits per heavy atom. The van der Waals surface area contributed by atoms with Crippen LogP contribution in [0.1, 0.15) is 0 Å². The molecule has 0 atom stereocenters. The Bertz CT molecular complexity index is 549. The standard InChI is InChI=1S/C7H7N3O6S/c1-17(15,16)8-7-5(9(11)12)3-2-4-6(7)10(13)14/h2-4,8H,1H3. The molecule has 92 valence electrons. The summed E-state index contributed by atoms with van der Waals surface area (Å²) in [6.07, 6.45) is 0.744. The van der Waals surface area contributed by atoms with Crippen LogP contribution in [0.2, 0.25) is 0 Å². The quantitative estimate of drug-likeness (QED) is 0.631. The summed E-state index contributed by atoms with van der Waals surface area (Å²) in [5.41, 5.74) is -2.00. The van der Waals surface area contributed by atoms with E-state index in [-0.39, 0.29) is 0 Å². The number of nitrogens with zero attached hydrogens (tertiary/aromatic N) is 2. The summed E-state index contributed by atoms with van der Waals surface area (Å²) in [5, 5.41) is 21.3. The first kappa shape index (κ1) is 12.8. The fraction of sp³-hybridized carbons (Fsp3) is 0.143. The second-order valence-corrected chi connectivity index (χ2v) is 4.81. The van der Waals surface area contributed by atoms with E-state index in [9.17, 15) is 28.6 Å². The van der Waals surface area contributed by atoms with Crippen LogP contribution in [0.4, 0.5) is 17.1 Å². The zero-order chi connectivity index (χ0) is 13.2. The number of hydrogen-bond acceptors (Lipinski definition) is 6. The lowest BCUT2D eigenvalue weighted by atomic mass is 10.2. The first-order chi connectivity index (χ1) is 7.72. The fourth-order valence-electron chi connectivity index (χ4n) is 1.12. The van der Waals surface area contributed by atoms with Gasteiger partial charge in [0.05, 0.1) is 16.1 Å². The summed E-state index contributed by atoms with van der Waals surface area (Å²) in [6.45, 7) is 0. The normalized spacial score (nSPS) is 10.9. The summed E-state index contributed by atoms with van der Waals surface area (Å²) in [7, 11) is -3.85. The molecule has 0 spiro atoms. The lowest BCUT2D eigenvalue weighted by molar-refractivity contribution is -0.392. The molecule has 1 rings (SSSR count). The Morgan fingerprint density at radius 1 is 1.12 bits per heavy atom. The largest absolute Gasteiger partial charge is 0.300 e. The summed E-state index contributed by atoms with van der Waals surface area (Å²) in [5.74, 6) is 0. The number of rotatable bonds is 4. The third kappa shape index (κ3) is 3.11. The predicted octanol–water partition coefficient (Wildman–Crippen LogP) is 0.874. The molecular weight excluding hydrogens is 254 g/mol.